The van der Waals surface area contributed by atoms with Gasteiger partial charge in [0.2, 0.25) is 23.3 Å². The number of unbranched alkanes of at least 4 members (excludes halogenated alkanes) is 4. The van der Waals surface area contributed by atoms with Gasteiger partial charge in [-0.15, -0.1) is 5.10 Å². The summed E-state index contributed by atoms with van der Waals surface area (Å²) in [6.07, 6.45) is 8.80. The molecule has 0 aliphatic carbocycles. The number of aromatic nitrogens is 5. The van der Waals surface area contributed by atoms with Gasteiger partial charge in [0.1, 0.15) is 17.8 Å². The molecule has 1 fully saturated rings. The second-order valence-corrected chi connectivity index (χ2v) is 28.8. The SMILES string of the molecule is O=C(O)CCCNC(=O)N[C@@H](CCCCNC(=O)Nc1cccc(-c2cn(CCOCCOCCOCCOCCOCCOCCC(=O)N[C@@H](CCCCNC(=S)Nc3cc(CN4CCOCCOCCN(Cc5ccccn5)CCOCCOCC4)[nH]c(=O)c3)C(=O)NCCCCCNC(=O)Cc3ccc(I)cc3)nn2)c1)C(=O)O. The van der Waals surface area contributed by atoms with Gasteiger partial charge in [-0.2, -0.15) is 0 Å². The zero-order valence-electron chi connectivity index (χ0n) is 66.8. The number of carbonyl (C=O) groups excluding carboxylic acids is 5. The number of H-pyrrole nitrogens is 1. The van der Waals surface area contributed by atoms with Crippen LogP contribution >= 0.6 is 34.8 Å². The van der Waals surface area contributed by atoms with E-state index in [9.17, 15) is 43.5 Å². The number of carboxylic acids is 2. The predicted molar refractivity (Wildman–Crippen MR) is 449 cm³/mol. The number of aromatic amines is 1. The Morgan fingerprint density at radius 3 is 1.71 bits per heavy atom. The molecule has 1 aliphatic heterocycles. The number of nitrogens with one attached hydrogen (secondary N) is 10. The van der Waals surface area contributed by atoms with E-state index in [1.807, 2.05) is 54.6 Å². The van der Waals surface area contributed by atoms with E-state index < -0.39 is 36.1 Å². The van der Waals surface area contributed by atoms with Gasteiger partial charge in [0, 0.05) is 123 Å². The molecule has 4 heterocycles. The minimum atomic E-state index is -1.20. The monoisotopic (exact) mass is 1770 g/mol. The van der Waals surface area contributed by atoms with Crippen molar-refractivity contribution in [1.82, 2.24) is 72.0 Å². The first kappa shape index (κ1) is 97.3. The Bertz CT molecular complexity index is 3670. The summed E-state index contributed by atoms with van der Waals surface area (Å²) in [7, 11) is 0. The lowest BCUT2D eigenvalue weighted by molar-refractivity contribution is -0.139. The van der Waals surface area contributed by atoms with Crippen LogP contribution in [0.5, 0.6) is 0 Å². The lowest BCUT2D eigenvalue weighted by atomic mass is 10.1. The van der Waals surface area contributed by atoms with Gasteiger partial charge in [-0.3, -0.25) is 38.8 Å². The molecule has 12 N–H and O–H groups in total. The minimum Gasteiger partial charge on any atom is -0.481 e. The average Bonchev–Trinajstić information content (AvgIpc) is 1.77. The molecule has 0 saturated carbocycles. The van der Waals surface area contributed by atoms with Crippen molar-refractivity contribution in [3.05, 3.63) is 122 Å². The molecule has 117 heavy (non-hydrogen) atoms. The topological polar surface area (TPSA) is 443 Å². The van der Waals surface area contributed by atoms with Crippen molar-refractivity contribution < 1.29 is 91.1 Å². The Kier molecular flexibility index (Phi) is 51.4. The smallest absolute Gasteiger partial charge is 0.326 e. The van der Waals surface area contributed by atoms with Gasteiger partial charge in [-0.05, 0) is 147 Å². The number of nitrogens with zero attached hydrogens (tertiary/aromatic N) is 6. The van der Waals surface area contributed by atoms with E-state index >= 15 is 0 Å². The molecule has 0 radical (unpaired) electrons. The van der Waals surface area contributed by atoms with E-state index in [2.05, 4.69) is 101 Å². The number of ether oxygens (including phenoxy) is 10. The summed E-state index contributed by atoms with van der Waals surface area (Å²) < 4.78 is 60.4. The third-order valence-electron chi connectivity index (χ3n) is 17.6. The van der Waals surface area contributed by atoms with E-state index in [1.165, 1.54) is 6.07 Å². The molecule has 1 saturated heterocycles. The quantitative estimate of drug-likeness (QED) is 0.0142. The summed E-state index contributed by atoms with van der Waals surface area (Å²) in [6.45, 7) is 13.8. The minimum absolute atomic E-state index is 0.0366. The van der Waals surface area contributed by atoms with Crippen molar-refractivity contribution >= 4 is 93.0 Å². The van der Waals surface area contributed by atoms with E-state index in [0.29, 0.717) is 244 Å². The fourth-order valence-electron chi connectivity index (χ4n) is 11.5. The number of halogens is 1. The first-order valence-corrected chi connectivity index (χ1v) is 41.5. The first-order valence-electron chi connectivity index (χ1n) is 40.1. The number of rotatable bonds is 54. The fraction of sp³-hybridized carbons (Fsp3) is 0.595. The zero-order chi connectivity index (χ0) is 83.4. The van der Waals surface area contributed by atoms with Crippen molar-refractivity contribution in [3.8, 4) is 11.3 Å². The van der Waals surface area contributed by atoms with E-state index in [1.54, 1.807) is 35.3 Å². The summed E-state index contributed by atoms with van der Waals surface area (Å²) in [5, 5.41) is 52.5. The molecule has 2 aromatic carbocycles. The van der Waals surface area contributed by atoms with Crippen LogP contribution in [-0.4, -0.2) is 295 Å². The van der Waals surface area contributed by atoms with E-state index in [0.717, 1.165) is 46.3 Å². The van der Waals surface area contributed by atoms with Gasteiger partial charge < -0.3 is 110 Å². The van der Waals surface area contributed by atoms with Crippen LogP contribution in [0.1, 0.15) is 94.0 Å². The van der Waals surface area contributed by atoms with Crippen LogP contribution in [0.25, 0.3) is 11.3 Å². The Morgan fingerprint density at radius 1 is 0.530 bits per heavy atom. The highest BCUT2D eigenvalue weighted by Crippen LogP contribution is 2.21. The standard InChI is InChI=1S/C79H119IN16O20S/c80-63-20-18-61(19-21-63)54-72(98)82-24-5-1-6-25-83-75(102)68(15-3-9-27-86-79(117)89-66-56-67(87-73(99)57-66)59-95-31-37-110-43-41-108-35-29-94(58-65-13-2-7-23-81-65)30-36-109-42-44-111-38-32-95)90-71(97)22-34-107-40-46-113-48-50-115-52-53-116-51-49-114-47-45-112-39-33-96-60-70(92-93-96)62-12-10-14-64(55-62)88-77(105)84-26-8-4-16-69(76(103)104)91-78(106)85-28-11-17-74(100)101/h2,7,10,12-14,18-21,23,55-57,60,68-69H,1,3-6,8-9,11,15-17,22,24-54,58-59H2,(H,82,98)(H,83,102)(H,90,97)(H,100,101)(H,103,104)(H2,84,88,105)(H2,85,91,106)(H3,86,87,89,99,117)/t68-,69-/m0/s1. The molecule has 5 aromatic rings. The normalized spacial score (nSPS) is 14.0. The molecule has 36 nitrogen and oxygen atoms in total. The lowest BCUT2D eigenvalue weighted by Crippen LogP contribution is -2.47. The van der Waals surface area contributed by atoms with E-state index in [-0.39, 0.29) is 75.3 Å². The van der Waals surface area contributed by atoms with Gasteiger partial charge in [-0.1, -0.05) is 35.5 Å². The number of hydrogen-bond acceptors (Lipinski definition) is 24. The Morgan fingerprint density at radius 2 is 1.09 bits per heavy atom. The zero-order valence-corrected chi connectivity index (χ0v) is 69.8. The third-order valence-corrected chi connectivity index (χ3v) is 18.6. The molecule has 0 spiro atoms. The Hall–Kier alpha value is -8.49. The van der Waals surface area contributed by atoms with Crippen LogP contribution in [0, 0.1) is 3.57 Å². The summed E-state index contributed by atoms with van der Waals surface area (Å²) in [4.78, 5) is 111. The van der Waals surface area contributed by atoms with Gasteiger partial charge in [0.05, 0.1) is 157 Å². The number of amides is 7. The maximum Gasteiger partial charge on any atom is 0.326 e. The number of benzene rings is 2. The van der Waals surface area contributed by atoms with Crippen LogP contribution in [0.4, 0.5) is 21.0 Å². The molecule has 7 amide bonds. The van der Waals surface area contributed by atoms with Gasteiger partial charge >= 0.3 is 24.0 Å². The first-order chi connectivity index (χ1) is 57.0. The van der Waals surface area contributed by atoms with Crippen molar-refractivity contribution in [3.63, 3.8) is 0 Å². The van der Waals surface area contributed by atoms with Gasteiger partial charge in [0.25, 0.3) is 0 Å². The molecule has 6 rings (SSSR count). The second-order valence-electron chi connectivity index (χ2n) is 27.1. The highest BCUT2D eigenvalue weighted by atomic mass is 127. The summed E-state index contributed by atoms with van der Waals surface area (Å²) in [5.41, 5.74) is 4.71. The number of carbonyl (C=O) groups is 7. The van der Waals surface area contributed by atoms with Crippen molar-refractivity contribution in [2.45, 2.75) is 115 Å². The molecule has 2 atom stereocenters. The Balaban J connectivity index is 0.781. The van der Waals surface area contributed by atoms with Gasteiger partial charge in [0.15, 0.2) is 5.11 Å². The average molecular weight is 1770 g/mol. The number of pyridine rings is 2. The molecule has 3 aromatic heterocycles. The van der Waals surface area contributed by atoms with Crippen LogP contribution < -0.4 is 53.4 Å². The highest BCUT2D eigenvalue weighted by molar-refractivity contribution is 14.1. The van der Waals surface area contributed by atoms with Crippen LogP contribution in [0.15, 0.2) is 96.1 Å². The largest absolute Gasteiger partial charge is 0.481 e. The number of hydrogen-bond donors (Lipinski definition) is 12. The van der Waals surface area contributed by atoms with Crippen LogP contribution in [0.3, 0.4) is 0 Å². The molecule has 38 heteroatoms. The second kappa shape index (κ2) is 61.8. The fourth-order valence-corrected chi connectivity index (χ4v) is 12.1. The predicted octanol–water partition coefficient (Wildman–Crippen LogP) is 4.70. The summed E-state index contributed by atoms with van der Waals surface area (Å²) >= 11 is 7.88. The number of urea groups is 2. The Labute approximate surface area is 702 Å². The third kappa shape index (κ3) is 47.6. The van der Waals surface area contributed by atoms with E-state index in [4.69, 9.17) is 64.7 Å². The number of thiocarbonyl (C=S) groups is 1. The maximum atomic E-state index is 13.6. The summed E-state index contributed by atoms with van der Waals surface area (Å²) in [5.74, 6) is -2.86. The maximum absolute atomic E-state index is 13.6. The number of carboxylic acid groups (broad SMARTS) is 2. The number of anilines is 2. The van der Waals surface area contributed by atoms with Crippen LogP contribution in [0.2, 0.25) is 0 Å². The molecular formula is C79H119IN16O20S. The van der Waals surface area contributed by atoms with Crippen LogP contribution in [-0.2, 0) is 97.4 Å². The van der Waals surface area contributed by atoms with Crippen molar-refractivity contribution in [2.75, 3.05) is 202 Å². The lowest BCUT2D eigenvalue weighted by Gasteiger charge is -2.23. The highest BCUT2D eigenvalue weighted by Gasteiger charge is 2.22. The van der Waals surface area contributed by atoms with Crippen molar-refractivity contribution in [2.24, 2.45) is 0 Å². The molecule has 1 aliphatic rings. The molecule has 0 unspecified atom stereocenters. The number of aliphatic carboxylic acids is 2. The molecule has 648 valence electrons. The van der Waals surface area contributed by atoms with Gasteiger partial charge in [-0.25, -0.2) is 19.1 Å². The summed E-state index contributed by atoms with van der Waals surface area (Å²) in [6, 6.07) is 21.1. The van der Waals surface area contributed by atoms with Crippen molar-refractivity contribution in [1.29, 1.82) is 0 Å². The molecular weight excluding hydrogens is 1650 g/mol. The molecule has 0 bridgehead atoms.